The first-order valence-electron chi connectivity index (χ1n) is 7.98. The van der Waals surface area contributed by atoms with Crippen molar-refractivity contribution < 1.29 is 8.42 Å². The molecule has 0 aliphatic rings. The summed E-state index contributed by atoms with van der Waals surface area (Å²) in [4.78, 5) is 0.197. The highest BCUT2D eigenvalue weighted by Crippen LogP contribution is 2.29. The average molecular weight is 492 g/mol. The predicted molar refractivity (Wildman–Crippen MR) is 113 cm³/mol. The highest BCUT2D eigenvalue weighted by molar-refractivity contribution is 9.08. The molecule has 2 aromatic rings. The van der Waals surface area contributed by atoms with Gasteiger partial charge in [0.1, 0.15) is 0 Å². The van der Waals surface area contributed by atoms with Crippen molar-refractivity contribution in [2.75, 3.05) is 11.9 Å². The zero-order valence-corrected chi connectivity index (χ0v) is 18.3. The third-order valence-electron chi connectivity index (χ3n) is 3.80. The molecule has 0 fully saturated rings. The Morgan fingerprint density at radius 1 is 1.12 bits per heavy atom. The maximum atomic E-state index is 12.1. The zero-order valence-electron chi connectivity index (χ0n) is 14.2. The Morgan fingerprint density at radius 2 is 1.80 bits per heavy atom. The second-order valence-electron chi connectivity index (χ2n) is 5.74. The topological polar surface area (TPSA) is 72.2 Å². The first-order valence-corrected chi connectivity index (χ1v) is 10.6. The molecule has 0 radical (unpaired) electrons. The molecule has 0 unspecified atom stereocenters. The van der Waals surface area contributed by atoms with Gasteiger partial charge in [-0.25, -0.2) is 13.6 Å². The number of rotatable bonds is 8. The molecule has 3 N–H and O–H groups in total. The molecule has 0 aromatic heterocycles. The average Bonchev–Trinajstić information content (AvgIpc) is 2.56. The second-order valence-corrected chi connectivity index (χ2v) is 7.83. The Balaban J connectivity index is 0.00000312. The van der Waals surface area contributed by atoms with Crippen LogP contribution >= 0.6 is 32.9 Å². The van der Waals surface area contributed by atoms with Crippen LogP contribution in [0, 0.1) is 0 Å². The van der Waals surface area contributed by atoms with Gasteiger partial charge in [-0.2, -0.15) is 0 Å². The van der Waals surface area contributed by atoms with Crippen molar-refractivity contribution in [3.63, 3.8) is 0 Å². The molecule has 2 aromatic carbocycles. The molecule has 7 heteroatoms. The van der Waals surface area contributed by atoms with Crippen molar-refractivity contribution in [3.05, 3.63) is 59.2 Å². The predicted octanol–water partition coefficient (Wildman–Crippen LogP) is 4.61. The Labute approximate surface area is 169 Å². The molecule has 25 heavy (non-hydrogen) atoms. The summed E-state index contributed by atoms with van der Waals surface area (Å²) in [6, 6.07) is 13.5. The highest BCUT2D eigenvalue weighted by atomic mass is 79.9. The van der Waals surface area contributed by atoms with Crippen molar-refractivity contribution in [1.82, 2.24) is 0 Å². The number of hydrogen-bond donors (Lipinski definition) is 2. The summed E-state index contributed by atoms with van der Waals surface area (Å²) in [7, 11) is -3.80. The fourth-order valence-electron chi connectivity index (χ4n) is 2.57. The van der Waals surface area contributed by atoms with Gasteiger partial charge >= 0.3 is 0 Å². The maximum Gasteiger partial charge on any atom is 0.238 e. The van der Waals surface area contributed by atoms with Crippen LogP contribution in [0.4, 0.5) is 5.69 Å². The number of alkyl halides is 1. The van der Waals surface area contributed by atoms with Crippen LogP contribution in [0.15, 0.2) is 47.4 Å². The first-order chi connectivity index (χ1) is 11.5. The van der Waals surface area contributed by atoms with Gasteiger partial charge < -0.3 is 5.32 Å². The fourth-order valence-corrected chi connectivity index (χ4v) is 3.74. The van der Waals surface area contributed by atoms with Gasteiger partial charge in [-0.1, -0.05) is 59.6 Å². The van der Waals surface area contributed by atoms with Crippen molar-refractivity contribution >= 4 is 48.6 Å². The third kappa shape index (κ3) is 6.40. The molecule has 2 rings (SSSR count). The van der Waals surface area contributed by atoms with Gasteiger partial charge in [-0.05, 0) is 35.2 Å². The minimum atomic E-state index is -3.80. The SMILES string of the molecule is Br.CCCCNc1cc(CBr)cc(S(N)(=O)=O)c1Cc1ccccc1. The van der Waals surface area contributed by atoms with Crippen LogP contribution < -0.4 is 10.5 Å². The molecular weight excluding hydrogens is 468 g/mol. The lowest BCUT2D eigenvalue weighted by Crippen LogP contribution is -2.17. The molecular formula is C18H24Br2N2O2S. The van der Waals surface area contributed by atoms with Crippen LogP contribution in [-0.2, 0) is 21.8 Å². The van der Waals surface area contributed by atoms with Crippen molar-refractivity contribution in [2.24, 2.45) is 5.14 Å². The molecule has 0 amide bonds. The lowest BCUT2D eigenvalue weighted by atomic mass is 10.0. The number of unbranched alkanes of at least 4 members (excludes halogenated alkanes) is 1. The monoisotopic (exact) mass is 490 g/mol. The third-order valence-corrected chi connectivity index (χ3v) is 5.42. The summed E-state index contributed by atoms with van der Waals surface area (Å²) >= 11 is 3.40. The number of nitrogens with one attached hydrogen (secondary N) is 1. The van der Waals surface area contributed by atoms with Crippen LogP contribution in [-0.4, -0.2) is 15.0 Å². The molecule has 0 saturated heterocycles. The molecule has 138 valence electrons. The number of sulfonamides is 1. The van der Waals surface area contributed by atoms with Crippen LogP contribution in [0.2, 0.25) is 0 Å². The lowest BCUT2D eigenvalue weighted by molar-refractivity contribution is 0.597. The minimum absolute atomic E-state index is 0. The summed E-state index contributed by atoms with van der Waals surface area (Å²) in [5, 5.41) is 9.44. The summed E-state index contributed by atoms with van der Waals surface area (Å²) in [6.07, 6.45) is 2.61. The second kappa shape index (κ2) is 10.3. The van der Waals surface area contributed by atoms with Gasteiger partial charge in [0, 0.05) is 24.0 Å². The summed E-state index contributed by atoms with van der Waals surface area (Å²) in [5.41, 5.74) is 3.50. The van der Waals surface area contributed by atoms with Gasteiger partial charge in [0.2, 0.25) is 10.0 Å². The van der Waals surface area contributed by atoms with Crippen molar-refractivity contribution in [2.45, 2.75) is 36.4 Å². The van der Waals surface area contributed by atoms with Crippen molar-refractivity contribution in [3.8, 4) is 0 Å². The Kier molecular flexibility index (Phi) is 9.13. The van der Waals surface area contributed by atoms with E-state index in [0.29, 0.717) is 11.8 Å². The van der Waals surface area contributed by atoms with E-state index in [1.165, 1.54) is 0 Å². The molecule has 0 atom stereocenters. The minimum Gasteiger partial charge on any atom is -0.385 e. The largest absolute Gasteiger partial charge is 0.385 e. The van der Waals surface area contributed by atoms with Crippen LogP contribution in [0.1, 0.15) is 36.5 Å². The Hall–Kier alpha value is -0.890. The number of anilines is 1. The molecule has 0 spiro atoms. The molecule has 0 heterocycles. The number of nitrogens with two attached hydrogens (primary N) is 1. The van der Waals surface area contributed by atoms with Crippen molar-refractivity contribution in [1.29, 1.82) is 0 Å². The number of halogens is 2. The first kappa shape index (κ1) is 22.2. The summed E-state index contributed by atoms with van der Waals surface area (Å²) in [5.74, 6) is 0. The fraction of sp³-hybridized carbons (Fsp3) is 0.333. The van der Waals surface area contributed by atoms with E-state index in [0.717, 1.165) is 41.8 Å². The lowest BCUT2D eigenvalue weighted by Gasteiger charge is -2.17. The van der Waals surface area contributed by atoms with Gasteiger partial charge in [-0.15, -0.1) is 17.0 Å². The normalized spacial score (nSPS) is 11.0. The van der Waals surface area contributed by atoms with Gasteiger partial charge in [-0.3, -0.25) is 0 Å². The maximum absolute atomic E-state index is 12.1. The van der Waals surface area contributed by atoms with Crippen LogP contribution in [0.25, 0.3) is 0 Å². The van der Waals surface area contributed by atoms with Crippen LogP contribution in [0.5, 0.6) is 0 Å². The van der Waals surface area contributed by atoms with E-state index in [1.54, 1.807) is 6.07 Å². The summed E-state index contributed by atoms with van der Waals surface area (Å²) < 4.78 is 24.3. The van der Waals surface area contributed by atoms with E-state index in [4.69, 9.17) is 5.14 Å². The molecule has 0 aliphatic carbocycles. The number of benzene rings is 2. The van der Waals surface area contributed by atoms with Gasteiger partial charge in [0.15, 0.2) is 0 Å². The molecule has 0 saturated carbocycles. The van der Waals surface area contributed by atoms with Crippen LogP contribution in [0.3, 0.4) is 0 Å². The number of hydrogen-bond acceptors (Lipinski definition) is 3. The Morgan fingerprint density at radius 3 is 2.36 bits per heavy atom. The van der Waals surface area contributed by atoms with Gasteiger partial charge in [0.05, 0.1) is 4.90 Å². The molecule has 0 bridgehead atoms. The molecule has 0 aliphatic heterocycles. The number of primary sulfonamides is 1. The van der Waals surface area contributed by atoms with E-state index in [9.17, 15) is 8.42 Å². The van der Waals surface area contributed by atoms with E-state index in [-0.39, 0.29) is 21.9 Å². The van der Waals surface area contributed by atoms with E-state index >= 15 is 0 Å². The van der Waals surface area contributed by atoms with E-state index < -0.39 is 10.0 Å². The Bertz CT molecular complexity index is 781. The smallest absolute Gasteiger partial charge is 0.238 e. The standard InChI is InChI=1S/C18H23BrN2O2S.BrH/c1-2-3-9-21-17-11-15(13-19)12-18(24(20,22)23)16(17)10-14-7-5-4-6-8-14;/h4-8,11-12,21H,2-3,9-10,13H2,1H3,(H2,20,22,23);1H. The zero-order chi connectivity index (χ0) is 17.6. The molecule has 4 nitrogen and oxygen atoms in total. The van der Waals surface area contributed by atoms with E-state index in [2.05, 4.69) is 28.2 Å². The quantitative estimate of drug-likeness (QED) is 0.418. The van der Waals surface area contributed by atoms with Gasteiger partial charge in [0.25, 0.3) is 0 Å². The highest BCUT2D eigenvalue weighted by Gasteiger charge is 2.19. The van der Waals surface area contributed by atoms with E-state index in [1.807, 2.05) is 36.4 Å². The summed E-state index contributed by atoms with van der Waals surface area (Å²) in [6.45, 7) is 2.92.